The molecule has 0 spiro atoms. The molecule has 0 aliphatic heterocycles. The maximum absolute atomic E-state index is 12.3. The molecule has 4 N–H and O–H groups in total. The topological polar surface area (TPSA) is 102 Å². The summed E-state index contributed by atoms with van der Waals surface area (Å²) in [4.78, 5) is 23.8. The van der Waals surface area contributed by atoms with Crippen LogP contribution in [0.2, 0.25) is 0 Å². The van der Waals surface area contributed by atoms with Crippen molar-refractivity contribution in [2.75, 3.05) is 13.2 Å². The lowest BCUT2D eigenvalue weighted by Gasteiger charge is -2.22. The summed E-state index contributed by atoms with van der Waals surface area (Å²) in [5.41, 5.74) is 5.50. The Morgan fingerprint density at radius 3 is 1.91 bits per heavy atom. The van der Waals surface area contributed by atoms with Crippen LogP contribution in [0, 0.1) is 0 Å². The first-order chi connectivity index (χ1) is 15.6. The van der Waals surface area contributed by atoms with Gasteiger partial charge in [0.25, 0.3) is 0 Å². The summed E-state index contributed by atoms with van der Waals surface area (Å²) in [6.45, 7) is 4.86. The molecule has 0 aliphatic rings. The number of hydrogen-bond acceptors (Lipinski definition) is 5. The molecule has 188 valence electrons. The summed E-state index contributed by atoms with van der Waals surface area (Å²) in [6.07, 6.45) is 21.7. The fraction of sp³-hybridized carbons (Fsp3) is 0.846. The van der Waals surface area contributed by atoms with Crippen molar-refractivity contribution in [1.29, 1.82) is 0 Å². The van der Waals surface area contributed by atoms with Crippen molar-refractivity contribution in [3.8, 4) is 0 Å². The van der Waals surface area contributed by atoms with Crippen molar-refractivity contribution in [3.63, 3.8) is 0 Å². The van der Waals surface area contributed by atoms with E-state index in [4.69, 9.17) is 10.5 Å². The lowest BCUT2D eigenvalue weighted by Crippen LogP contribution is -2.47. The summed E-state index contributed by atoms with van der Waals surface area (Å²) in [5, 5.41) is 12.5. The van der Waals surface area contributed by atoms with Crippen LogP contribution in [0.5, 0.6) is 0 Å². The van der Waals surface area contributed by atoms with Gasteiger partial charge in [0.05, 0.1) is 6.61 Å². The van der Waals surface area contributed by atoms with Crippen molar-refractivity contribution in [3.05, 3.63) is 12.2 Å². The SMILES string of the molecule is CCCCCCCC/C=C/CCCCCCC(N[C@@H](CCCCN)C(=O)O)C(=O)OCC. The lowest BCUT2D eigenvalue weighted by atomic mass is 10.0. The van der Waals surface area contributed by atoms with E-state index in [9.17, 15) is 14.7 Å². The van der Waals surface area contributed by atoms with E-state index in [1.165, 1.54) is 44.9 Å². The molecule has 0 fully saturated rings. The Labute approximate surface area is 196 Å². The van der Waals surface area contributed by atoms with Crippen LogP contribution < -0.4 is 11.1 Å². The molecule has 6 heteroatoms. The van der Waals surface area contributed by atoms with E-state index in [-0.39, 0.29) is 5.97 Å². The molecule has 6 nitrogen and oxygen atoms in total. The molecule has 32 heavy (non-hydrogen) atoms. The Kier molecular flexibility index (Phi) is 21.8. The maximum atomic E-state index is 12.3. The molecule has 0 rings (SSSR count). The third kappa shape index (κ3) is 18.2. The van der Waals surface area contributed by atoms with Crippen LogP contribution in [0.4, 0.5) is 0 Å². The Bertz CT molecular complexity index is 482. The van der Waals surface area contributed by atoms with Gasteiger partial charge in [-0.2, -0.15) is 0 Å². The van der Waals surface area contributed by atoms with Crippen LogP contribution in [0.25, 0.3) is 0 Å². The Morgan fingerprint density at radius 2 is 1.34 bits per heavy atom. The van der Waals surface area contributed by atoms with Gasteiger partial charge in [-0.3, -0.25) is 14.9 Å². The van der Waals surface area contributed by atoms with Crippen LogP contribution in [0.3, 0.4) is 0 Å². The third-order valence-corrected chi connectivity index (χ3v) is 5.72. The molecule has 0 aromatic carbocycles. The number of carboxylic acids is 1. The average molecular weight is 455 g/mol. The van der Waals surface area contributed by atoms with E-state index >= 15 is 0 Å². The molecule has 0 aromatic heterocycles. The van der Waals surface area contributed by atoms with Crippen LogP contribution in [0.1, 0.15) is 117 Å². The third-order valence-electron chi connectivity index (χ3n) is 5.72. The molecule has 0 amide bonds. The second-order valence-corrected chi connectivity index (χ2v) is 8.67. The van der Waals surface area contributed by atoms with Crippen molar-refractivity contribution < 1.29 is 19.4 Å². The average Bonchev–Trinajstić information content (AvgIpc) is 2.77. The molecule has 2 atom stereocenters. The number of nitrogens with two attached hydrogens (primary N) is 1. The number of carbonyl (C=O) groups excluding carboxylic acids is 1. The van der Waals surface area contributed by atoms with Gasteiger partial charge in [-0.05, 0) is 58.4 Å². The highest BCUT2D eigenvalue weighted by Gasteiger charge is 2.26. The Hall–Kier alpha value is -1.40. The van der Waals surface area contributed by atoms with E-state index in [1.54, 1.807) is 6.92 Å². The van der Waals surface area contributed by atoms with Crippen molar-refractivity contribution >= 4 is 11.9 Å². The second kappa shape index (κ2) is 22.8. The fourth-order valence-electron chi connectivity index (χ4n) is 3.77. The number of rotatable bonds is 23. The molecular formula is C26H50N2O4. The minimum absolute atomic E-state index is 0.299. The van der Waals surface area contributed by atoms with E-state index < -0.39 is 18.1 Å². The van der Waals surface area contributed by atoms with Gasteiger partial charge in [-0.1, -0.05) is 76.9 Å². The predicted octanol–water partition coefficient (Wildman–Crippen LogP) is 5.74. The van der Waals surface area contributed by atoms with Crippen LogP contribution >= 0.6 is 0 Å². The number of unbranched alkanes of at least 4 members (excludes halogenated alkanes) is 11. The summed E-state index contributed by atoms with van der Waals surface area (Å²) >= 11 is 0. The zero-order valence-corrected chi connectivity index (χ0v) is 20.8. The number of hydrogen-bond donors (Lipinski definition) is 3. The molecule has 0 aromatic rings. The first-order valence-corrected chi connectivity index (χ1v) is 13.1. The lowest BCUT2D eigenvalue weighted by molar-refractivity contribution is -0.147. The molecule has 0 radical (unpaired) electrons. The zero-order valence-electron chi connectivity index (χ0n) is 20.8. The summed E-state index contributed by atoms with van der Waals surface area (Å²) < 4.78 is 5.16. The molecular weight excluding hydrogens is 404 g/mol. The highest BCUT2D eigenvalue weighted by atomic mass is 16.5. The number of aliphatic carboxylic acids is 1. The molecule has 1 unspecified atom stereocenters. The molecule has 0 bridgehead atoms. The number of ether oxygens (including phenoxy) is 1. The van der Waals surface area contributed by atoms with Gasteiger partial charge in [0.1, 0.15) is 12.1 Å². The van der Waals surface area contributed by atoms with Gasteiger partial charge in [0.2, 0.25) is 0 Å². The maximum Gasteiger partial charge on any atom is 0.323 e. The smallest absolute Gasteiger partial charge is 0.323 e. The number of nitrogens with one attached hydrogen (secondary N) is 1. The van der Waals surface area contributed by atoms with Crippen LogP contribution in [-0.4, -0.2) is 42.3 Å². The number of carboxylic acid groups (broad SMARTS) is 1. The molecule has 0 saturated carbocycles. The van der Waals surface area contributed by atoms with Gasteiger partial charge in [0.15, 0.2) is 0 Å². The summed E-state index contributed by atoms with van der Waals surface area (Å²) in [5.74, 6) is -1.28. The van der Waals surface area contributed by atoms with E-state index in [0.717, 1.165) is 44.9 Å². The first kappa shape index (κ1) is 30.6. The summed E-state index contributed by atoms with van der Waals surface area (Å²) in [6, 6.07) is -1.31. The number of esters is 1. The number of allylic oxidation sites excluding steroid dienone is 2. The van der Waals surface area contributed by atoms with Crippen molar-refractivity contribution in [2.45, 2.75) is 129 Å². The van der Waals surface area contributed by atoms with Crippen molar-refractivity contribution in [1.82, 2.24) is 5.32 Å². The first-order valence-electron chi connectivity index (χ1n) is 13.1. The van der Waals surface area contributed by atoms with Gasteiger partial charge in [-0.15, -0.1) is 0 Å². The van der Waals surface area contributed by atoms with Gasteiger partial charge >= 0.3 is 11.9 Å². The quantitative estimate of drug-likeness (QED) is 0.103. The monoisotopic (exact) mass is 454 g/mol. The second-order valence-electron chi connectivity index (χ2n) is 8.67. The van der Waals surface area contributed by atoms with Gasteiger partial charge in [0, 0.05) is 0 Å². The summed E-state index contributed by atoms with van der Waals surface area (Å²) in [7, 11) is 0. The minimum atomic E-state index is -0.927. The highest BCUT2D eigenvalue weighted by Crippen LogP contribution is 2.12. The van der Waals surface area contributed by atoms with Crippen molar-refractivity contribution in [2.24, 2.45) is 5.73 Å². The molecule has 0 saturated heterocycles. The van der Waals surface area contributed by atoms with Crippen LogP contribution in [-0.2, 0) is 14.3 Å². The number of carbonyl (C=O) groups is 2. The zero-order chi connectivity index (χ0) is 23.9. The van der Waals surface area contributed by atoms with E-state index in [2.05, 4.69) is 24.4 Å². The van der Waals surface area contributed by atoms with E-state index in [0.29, 0.717) is 26.0 Å². The van der Waals surface area contributed by atoms with Crippen LogP contribution in [0.15, 0.2) is 12.2 Å². The largest absolute Gasteiger partial charge is 0.480 e. The minimum Gasteiger partial charge on any atom is -0.480 e. The normalized spacial score (nSPS) is 13.3. The highest BCUT2D eigenvalue weighted by molar-refractivity contribution is 5.78. The van der Waals surface area contributed by atoms with Gasteiger partial charge < -0.3 is 15.6 Å². The standard InChI is InChI=1S/C26H50N2O4/c1-3-5-6-7-8-9-10-11-12-13-14-15-16-17-21-24(26(31)32-4-2)28-23(25(29)30)20-18-19-22-27/h11-12,23-24,28H,3-10,13-22,27H2,1-2H3,(H,29,30)/b12-11+/t23-,24?/m0/s1. The van der Waals surface area contributed by atoms with Gasteiger partial charge in [-0.25, -0.2) is 0 Å². The predicted molar refractivity (Wildman–Crippen MR) is 133 cm³/mol. The molecule has 0 heterocycles. The molecule has 0 aliphatic carbocycles. The Balaban J connectivity index is 4.07. The van der Waals surface area contributed by atoms with E-state index in [1.807, 2.05) is 0 Å². The Morgan fingerprint density at radius 1 is 0.812 bits per heavy atom. The fourth-order valence-corrected chi connectivity index (χ4v) is 3.77.